The lowest BCUT2D eigenvalue weighted by Gasteiger charge is -2.34. The predicted octanol–water partition coefficient (Wildman–Crippen LogP) is 0.869. The maximum Gasteiger partial charge on any atom is 0.337 e. The Morgan fingerprint density at radius 2 is 1.86 bits per heavy atom. The summed E-state index contributed by atoms with van der Waals surface area (Å²) < 4.78 is 6.22. The number of esters is 1. The van der Waals surface area contributed by atoms with Crippen LogP contribution in [0.1, 0.15) is 26.5 Å². The van der Waals surface area contributed by atoms with Crippen LogP contribution < -0.4 is 0 Å². The lowest BCUT2D eigenvalue weighted by molar-refractivity contribution is 0.0599. The van der Waals surface area contributed by atoms with E-state index in [-0.39, 0.29) is 17.7 Å². The molecule has 0 spiro atoms. The first kappa shape index (κ1) is 18.1. The molecule has 0 aliphatic carbocycles. The van der Waals surface area contributed by atoms with Gasteiger partial charge in [-0.1, -0.05) is 12.1 Å². The quantitative estimate of drug-likeness (QED) is 0.620. The van der Waals surface area contributed by atoms with Crippen LogP contribution in [0.3, 0.4) is 0 Å². The number of aromatic nitrogens is 4. The van der Waals surface area contributed by atoms with Gasteiger partial charge in [-0.2, -0.15) is 4.98 Å². The molecule has 1 aromatic carbocycles. The van der Waals surface area contributed by atoms with E-state index >= 15 is 0 Å². The van der Waals surface area contributed by atoms with Gasteiger partial charge in [-0.3, -0.25) is 9.69 Å². The molecule has 9 heteroatoms. The molecule has 144 valence electrons. The molecule has 28 heavy (non-hydrogen) atoms. The average Bonchev–Trinajstić information content (AvgIpc) is 3.18. The molecule has 1 fully saturated rings. The molecule has 2 aromatic heterocycles. The van der Waals surface area contributed by atoms with Gasteiger partial charge >= 0.3 is 5.97 Å². The van der Waals surface area contributed by atoms with Gasteiger partial charge in [0, 0.05) is 45.1 Å². The lowest BCUT2D eigenvalue weighted by Crippen LogP contribution is -2.48. The fourth-order valence-corrected chi connectivity index (χ4v) is 3.20. The number of nitrogens with zero attached hydrogens (tertiary/aromatic N) is 6. The summed E-state index contributed by atoms with van der Waals surface area (Å²) in [6.45, 7) is 3.51. The number of hydrogen-bond acceptors (Lipinski definition) is 7. The molecular weight excluding hydrogens is 360 g/mol. The molecule has 1 saturated heterocycles. The molecule has 3 aromatic rings. The maximum atomic E-state index is 12.7. The van der Waals surface area contributed by atoms with Crippen LogP contribution in [0.4, 0.5) is 0 Å². The third-order valence-electron chi connectivity index (χ3n) is 4.75. The highest BCUT2D eigenvalue weighted by molar-refractivity contribution is 5.91. The van der Waals surface area contributed by atoms with E-state index in [1.165, 1.54) is 11.6 Å². The Balaban J connectivity index is 1.34. The number of ether oxygens (including phenoxy) is 1. The number of amides is 1. The molecule has 0 radical (unpaired) electrons. The maximum absolute atomic E-state index is 12.7. The lowest BCUT2D eigenvalue weighted by atomic mass is 10.1. The number of carbonyl (C=O) groups excluding carboxylic acids is 2. The summed E-state index contributed by atoms with van der Waals surface area (Å²) in [7, 11) is 1.37. The average molecular weight is 380 g/mol. The van der Waals surface area contributed by atoms with E-state index in [4.69, 9.17) is 4.74 Å². The Morgan fingerprint density at radius 3 is 2.54 bits per heavy atom. The summed E-state index contributed by atoms with van der Waals surface area (Å²) >= 11 is 0. The molecule has 1 aliphatic heterocycles. The molecule has 0 unspecified atom stereocenters. The number of hydrogen-bond donors (Lipinski definition) is 0. The Kier molecular flexibility index (Phi) is 4.98. The zero-order chi connectivity index (χ0) is 19.5. The van der Waals surface area contributed by atoms with Crippen molar-refractivity contribution in [2.24, 2.45) is 0 Å². The SMILES string of the molecule is COC(=O)c1ccc(CN2CCN(C(=O)c3nc4ncccn4n3)CC2)cc1. The van der Waals surface area contributed by atoms with Gasteiger partial charge in [0.15, 0.2) is 0 Å². The highest BCUT2D eigenvalue weighted by Gasteiger charge is 2.25. The zero-order valence-electron chi connectivity index (χ0n) is 15.5. The van der Waals surface area contributed by atoms with Crippen molar-refractivity contribution in [2.45, 2.75) is 6.54 Å². The minimum absolute atomic E-state index is 0.172. The second-order valence-corrected chi connectivity index (χ2v) is 6.56. The van der Waals surface area contributed by atoms with Gasteiger partial charge in [-0.25, -0.2) is 14.3 Å². The zero-order valence-corrected chi connectivity index (χ0v) is 15.5. The standard InChI is InChI=1S/C19H20N6O3/c1-28-18(27)15-5-3-14(4-6-15)13-23-9-11-24(12-10-23)17(26)16-21-19-20-7-2-8-25(19)22-16/h2-8H,9-13H2,1H3. The number of rotatable bonds is 4. The van der Waals surface area contributed by atoms with E-state index in [1.807, 2.05) is 12.1 Å². The number of fused-ring (bicyclic) bond motifs is 1. The van der Waals surface area contributed by atoms with E-state index in [1.54, 1.807) is 35.5 Å². The summed E-state index contributed by atoms with van der Waals surface area (Å²) in [5.41, 5.74) is 1.65. The minimum Gasteiger partial charge on any atom is -0.465 e. The van der Waals surface area contributed by atoms with Crippen molar-refractivity contribution in [3.8, 4) is 0 Å². The van der Waals surface area contributed by atoms with Crippen molar-refractivity contribution in [2.75, 3.05) is 33.3 Å². The Labute approximate surface area is 161 Å². The molecule has 3 heterocycles. The van der Waals surface area contributed by atoms with Gasteiger partial charge in [0.2, 0.25) is 5.82 Å². The second-order valence-electron chi connectivity index (χ2n) is 6.56. The first-order valence-electron chi connectivity index (χ1n) is 9.00. The highest BCUT2D eigenvalue weighted by Crippen LogP contribution is 2.12. The topological polar surface area (TPSA) is 92.9 Å². The first-order chi connectivity index (χ1) is 13.6. The molecular formula is C19H20N6O3. The second kappa shape index (κ2) is 7.73. The van der Waals surface area contributed by atoms with E-state index in [0.717, 1.165) is 25.2 Å². The Morgan fingerprint density at radius 1 is 1.11 bits per heavy atom. The third-order valence-corrected chi connectivity index (χ3v) is 4.75. The van der Waals surface area contributed by atoms with Crippen LogP contribution in [0.15, 0.2) is 42.7 Å². The van der Waals surface area contributed by atoms with Crippen LogP contribution in [0.5, 0.6) is 0 Å². The summed E-state index contributed by atoms with van der Waals surface area (Å²) in [4.78, 5) is 36.5. The van der Waals surface area contributed by atoms with Crippen LogP contribution in [0.25, 0.3) is 5.78 Å². The smallest absolute Gasteiger partial charge is 0.337 e. The van der Waals surface area contributed by atoms with Crippen LogP contribution >= 0.6 is 0 Å². The van der Waals surface area contributed by atoms with Crippen LogP contribution in [-0.2, 0) is 11.3 Å². The monoisotopic (exact) mass is 380 g/mol. The van der Waals surface area contributed by atoms with Crippen molar-refractivity contribution in [1.82, 2.24) is 29.4 Å². The molecule has 0 bridgehead atoms. The number of carbonyl (C=O) groups is 2. The summed E-state index contributed by atoms with van der Waals surface area (Å²) in [5.74, 6) is 0.0763. The van der Waals surface area contributed by atoms with Gasteiger partial charge in [0.05, 0.1) is 12.7 Å². The Hall–Kier alpha value is -3.33. The largest absolute Gasteiger partial charge is 0.465 e. The molecule has 1 aliphatic rings. The van der Waals surface area contributed by atoms with Gasteiger partial charge in [-0.05, 0) is 23.8 Å². The van der Waals surface area contributed by atoms with Crippen molar-refractivity contribution in [3.05, 3.63) is 59.7 Å². The van der Waals surface area contributed by atoms with E-state index in [0.29, 0.717) is 24.4 Å². The van der Waals surface area contributed by atoms with Crippen LogP contribution in [0.2, 0.25) is 0 Å². The molecule has 0 atom stereocenters. The number of methoxy groups -OCH3 is 1. The van der Waals surface area contributed by atoms with Crippen LogP contribution in [-0.4, -0.2) is 74.5 Å². The van der Waals surface area contributed by atoms with E-state index < -0.39 is 0 Å². The first-order valence-corrected chi connectivity index (χ1v) is 9.00. The number of piperazine rings is 1. The normalized spacial score (nSPS) is 15.0. The highest BCUT2D eigenvalue weighted by atomic mass is 16.5. The van der Waals surface area contributed by atoms with Crippen LogP contribution in [0, 0.1) is 0 Å². The van der Waals surface area contributed by atoms with Crippen molar-refractivity contribution >= 4 is 17.7 Å². The van der Waals surface area contributed by atoms with Crippen molar-refractivity contribution in [3.63, 3.8) is 0 Å². The van der Waals surface area contributed by atoms with Gasteiger partial charge < -0.3 is 9.64 Å². The van der Waals surface area contributed by atoms with E-state index in [9.17, 15) is 9.59 Å². The molecule has 0 saturated carbocycles. The molecule has 0 N–H and O–H groups in total. The molecule has 9 nitrogen and oxygen atoms in total. The third kappa shape index (κ3) is 3.70. The summed E-state index contributed by atoms with van der Waals surface area (Å²) in [6, 6.07) is 9.13. The molecule has 1 amide bonds. The van der Waals surface area contributed by atoms with Gasteiger partial charge in [-0.15, -0.1) is 5.10 Å². The predicted molar refractivity (Wildman–Crippen MR) is 99.7 cm³/mol. The molecule has 4 rings (SSSR count). The van der Waals surface area contributed by atoms with Gasteiger partial charge in [0.25, 0.3) is 11.7 Å². The fraction of sp³-hybridized carbons (Fsp3) is 0.316. The van der Waals surface area contributed by atoms with Crippen molar-refractivity contribution < 1.29 is 14.3 Å². The summed E-state index contributed by atoms with van der Waals surface area (Å²) in [5, 5.41) is 4.20. The Bertz CT molecular complexity index is 959. The van der Waals surface area contributed by atoms with E-state index in [2.05, 4.69) is 20.0 Å². The van der Waals surface area contributed by atoms with Crippen molar-refractivity contribution in [1.29, 1.82) is 0 Å². The summed E-state index contributed by atoms with van der Waals surface area (Å²) in [6.07, 6.45) is 3.34. The minimum atomic E-state index is -0.338. The number of benzene rings is 1. The fourth-order valence-electron chi connectivity index (χ4n) is 3.20. The van der Waals surface area contributed by atoms with Gasteiger partial charge in [0.1, 0.15) is 0 Å².